The fraction of sp³-hybridized carbons (Fsp3) is 0.600. The molecule has 1 aromatic carbocycles. The molecule has 2 unspecified atom stereocenters. The molecule has 1 saturated carbocycles. The van der Waals surface area contributed by atoms with Crippen molar-refractivity contribution >= 4 is 0 Å². The predicted octanol–water partition coefficient (Wildman–Crippen LogP) is 3.07. The van der Waals surface area contributed by atoms with Crippen LogP contribution in [0.25, 0.3) is 0 Å². The Bertz CT molecular complexity index is 375. The smallest absolute Gasteiger partial charge is 0.122 e. The Morgan fingerprint density at radius 3 is 2.88 bits per heavy atom. The first kappa shape index (κ1) is 12.4. The lowest BCUT2D eigenvalue weighted by Gasteiger charge is -2.16. The van der Waals surface area contributed by atoms with Crippen molar-refractivity contribution in [1.29, 1.82) is 0 Å². The number of ether oxygens (including phenoxy) is 1. The molecular formula is C15H23NO. The third kappa shape index (κ3) is 3.22. The van der Waals surface area contributed by atoms with Crippen LogP contribution in [0.15, 0.2) is 18.2 Å². The first-order valence-electron chi connectivity index (χ1n) is 6.57. The van der Waals surface area contributed by atoms with Gasteiger partial charge in [0.05, 0.1) is 6.10 Å². The highest BCUT2D eigenvalue weighted by atomic mass is 16.5. The number of nitrogens with one attached hydrogen (secondary N) is 1. The number of rotatable bonds is 4. The second-order valence-corrected chi connectivity index (χ2v) is 5.25. The van der Waals surface area contributed by atoms with Gasteiger partial charge in [0.15, 0.2) is 0 Å². The summed E-state index contributed by atoms with van der Waals surface area (Å²) in [5, 5.41) is 3.26. The summed E-state index contributed by atoms with van der Waals surface area (Å²) in [5.41, 5.74) is 2.52. The van der Waals surface area contributed by atoms with Gasteiger partial charge in [-0.3, -0.25) is 0 Å². The Hall–Kier alpha value is -1.02. The molecule has 0 bridgehead atoms. The van der Waals surface area contributed by atoms with Gasteiger partial charge in [0.2, 0.25) is 0 Å². The molecule has 0 aliphatic heterocycles. The molecule has 1 fully saturated rings. The lowest BCUT2D eigenvalue weighted by molar-refractivity contribution is 0.202. The lowest BCUT2D eigenvalue weighted by atomic mass is 10.1. The van der Waals surface area contributed by atoms with Crippen LogP contribution in [0.5, 0.6) is 5.75 Å². The highest BCUT2D eigenvalue weighted by molar-refractivity contribution is 5.36. The molecule has 2 heteroatoms. The zero-order valence-electron chi connectivity index (χ0n) is 11.1. The number of hydrogen-bond acceptors (Lipinski definition) is 2. The maximum atomic E-state index is 6.14. The average molecular weight is 233 g/mol. The summed E-state index contributed by atoms with van der Waals surface area (Å²) in [6, 6.07) is 6.44. The Labute approximate surface area is 104 Å². The van der Waals surface area contributed by atoms with Crippen molar-refractivity contribution in [3.63, 3.8) is 0 Å². The molecular weight excluding hydrogens is 210 g/mol. The van der Waals surface area contributed by atoms with E-state index in [1.165, 1.54) is 30.4 Å². The normalized spacial score (nSPS) is 23.9. The molecule has 0 heterocycles. The minimum Gasteiger partial charge on any atom is -0.490 e. The van der Waals surface area contributed by atoms with Gasteiger partial charge in [-0.05, 0) is 69.8 Å². The van der Waals surface area contributed by atoms with Crippen molar-refractivity contribution in [2.24, 2.45) is 5.92 Å². The van der Waals surface area contributed by atoms with Crippen LogP contribution in [0.4, 0.5) is 0 Å². The van der Waals surface area contributed by atoms with Crippen LogP contribution in [-0.2, 0) is 0 Å². The molecule has 0 amide bonds. The molecule has 94 valence electrons. The summed E-state index contributed by atoms with van der Waals surface area (Å²) in [4.78, 5) is 0. The van der Waals surface area contributed by atoms with Gasteiger partial charge < -0.3 is 10.1 Å². The van der Waals surface area contributed by atoms with Crippen molar-refractivity contribution in [1.82, 2.24) is 5.32 Å². The van der Waals surface area contributed by atoms with E-state index in [4.69, 9.17) is 4.74 Å². The SMILES string of the molecule is CNCC1CCC(Oc2cc(C)ccc2C)C1. The van der Waals surface area contributed by atoms with E-state index < -0.39 is 0 Å². The zero-order chi connectivity index (χ0) is 12.3. The van der Waals surface area contributed by atoms with E-state index in [0.29, 0.717) is 6.10 Å². The van der Waals surface area contributed by atoms with E-state index in [0.717, 1.165) is 18.2 Å². The minimum absolute atomic E-state index is 0.411. The van der Waals surface area contributed by atoms with Gasteiger partial charge in [0.1, 0.15) is 5.75 Å². The fourth-order valence-electron chi connectivity index (χ4n) is 2.62. The summed E-state index contributed by atoms with van der Waals surface area (Å²) in [7, 11) is 2.03. The van der Waals surface area contributed by atoms with E-state index in [9.17, 15) is 0 Å². The molecule has 1 N–H and O–H groups in total. The van der Waals surface area contributed by atoms with Crippen molar-refractivity contribution < 1.29 is 4.74 Å². The standard InChI is InChI=1S/C15H23NO/c1-11-4-5-12(2)15(8-11)17-14-7-6-13(9-14)10-16-3/h4-5,8,13-14,16H,6-7,9-10H2,1-3H3. The summed E-state index contributed by atoms with van der Waals surface area (Å²) >= 11 is 0. The largest absolute Gasteiger partial charge is 0.490 e. The third-order valence-corrected chi connectivity index (χ3v) is 3.62. The molecule has 2 atom stereocenters. The maximum absolute atomic E-state index is 6.14. The molecule has 0 radical (unpaired) electrons. The number of benzene rings is 1. The second kappa shape index (κ2) is 5.54. The van der Waals surface area contributed by atoms with Gasteiger partial charge in [-0.1, -0.05) is 12.1 Å². The van der Waals surface area contributed by atoms with Gasteiger partial charge in [0.25, 0.3) is 0 Å². The maximum Gasteiger partial charge on any atom is 0.122 e. The predicted molar refractivity (Wildman–Crippen MR) is 71.6 cm³/mol. The van der Waals surface area contributed by atoms with Crippen LogP contribution in [0.2, 0.25) is 0 Å². The molecule has 0 aromatic heterocycles. The fourth-order valence-corrected chi connectivity index (χ4v) is 2.62. The molecule has 2 nitrogen and oxygen atoms in total. The van der Waals surface area contributed by atoms with Crippen molar-refractivity contribution in [2.45, 2.75) is 39.2 Å². The van der Waals surface area contributed by atoms with Crippen molar-refractivity contribution in [2.75, 3.05) is 13.6 Å². The Balaban J connectivity index is 1.95. The van der Waals surface area contributed by atoms with Gasteiger partial charge in [-0.15, -0.1) is 0 Å². The summed E-state index contributed by atoms with van der Waals surface area (Å²) in [6.07, 6.45) is 4.08. The minimum atomic E-state index is 0.411. The van der Waals surface area contributed by atoms with E-state index in [2.05, 4.69) is 37.4 Å². The third-order valence-electron chi connectivity index (χ3n) is 3.62. The van der Waals surface area contributed by atoms with Gasteiger partial charge >= 0.3 is 0 Å². The molecule has 17 heavy (non-hydrogen) atoms. The molecule has 0 spiro atoms. The monoisotopic (exact) mass is 233 g/mol. The molecule has 1 aliphatic rings. The lowest BCUT2D eigenvalue weighted by Crippen LogP contribution is -2.19. The molecule has 1 aromatic rings. The molecule has 2 rings (SSSR count). The summed E-state index contributed by atoms with van der Waals surface area (Å²) < 4.78 is 6.14. The van der Waals surface area contributed by atoms with Crippen LogP contribution in [0.3, 0.4) is 0 Å². The van der Waals surface area contributed by atoms with Crippen LogP contribution < -0.4 is 10.1 Å². The van der Waals surface area contributed by atoms with Crippen LogP contribution >= 0.6 is 0 Å². The van der Waals surface area contributed by atoms with Crippen LogP contribution in [0, 0.1) is 19.8 Å². The van der Waals surface area contributed by atoms with Gasteiger partial charge in [0, 0.05) is 0 Å². The molecule has 0 saturated heterocycles. The number of aryl methyl sites for hydroxylation is 2. The van der Waals surface area contributed by atoms with Crippen LogP contribution in [0.1, 0.15) is 30.4 Å². The summed E-state index contributed by atoms with van der Waals surface area (Å²) in [5.74, 6) is 1.86. The number of hydrogen-bond donors (Lipinski definition) is 1. The topological polar surface area (TPSA) is 21.3 Å². The molecule has 1 aliphatic carbocycles. The van der Waals surface area contributed by atoms with E-state index in [1.54, 1.807) is 0 Å². The van der Waals surface area contributed by atoms with Crippen molar-refractivity contribution in [3.05, 3.63) is 29.3 Å². The van der Waals surface area contributed by atoms with Crippen LogP contribution in [-0.4, -0.2) is 19.7 Å². The average Bonchev–Trinajstić information content (AvgIpc) is 2.72. The van der Waals surface area contributed by atoms with Gasteiger partial charge in [-0.25, -0.2) is 0 Å². The first-order valence-corrected chi connectivity index (χ1v) is 6.57. The van der Waals surface area contributed by atoms with E-state index >= 15 is 0 Å². The highest BCUT2D eigenvalue weighted by Gasteiger charge is 2.25. The Morgan fingerprint density at radius 2 is 2.12 bits per heavy atom. The zero-order valence-corrected chi connectivity index (χ0v) is 11.1. The highest BCUT2D eigenvalue weighted by Crippen LogP contribution is 2.30. The van der Waals surface area contributed by atoms with E-state index in [-0.39, 0.29) is 0 Å². The second-order valence-electron chi connectivity index (χ2n) is 5.25. The van der Waals surface area contributed by atoms with E-state index in [1.807, 2.05) is 7.05 Å². The summed E-state index contributed by atoms with van der Waals surface area (Å²) in [6.45, 7) is 5.35. The quantitative estimate of drug-likeness (QED) is 0.863. The Morgan fingerprint density at radius 1 is 1.29 bits per heavy atom. The Kier molecular flexibility index (Phi) is 4.06. The van der Waals surface area contributed by atoms with Gasteiger partial charge in [-0.2, -0.15) is 0 Å². The first-order chi connectivity index (χ1) is 8.19. The van der Waals surface area contributed by atoms with Crippen molar-refractivity contribution in [3.8, 4) is 5.75 Å².